The van der Waals surface area contributed by atoms with Gasteiger partial charge in [0.1, 0.15) is 6.10 Å². The zero-order valence-electron chi connectivity index (χ0n) is 9.86. The van der Waals surface area contributed by atoms with Crippen LogP contribution in [0.25, 0.3) is 0 Å². The van der Waals surface area contributed by atoms with Crippen LogP contribution in [0.5, 0.6) is 0 Å². The molecule has 17 heavy (non-hydrogen) atoms. The number of carbonyl (C=O) groups excluding carboxylic acids is 1. The largest absolute Gasteiger partial charge is 0.368 e. The third-order valence-electron chi connectivity index (χ3n) is 2.91. The van der Waals surface area contributed by atoms with Crippen molar-refractivity contribution in [3.05, 3.63) is 34.3 Å². The average Bonchev–Trinajstić information content (AvgIpc) is 2.84. The van der Waals surface area contributed by atoms with Gasteiger partial charge in [0, 0.05) is 24.7 Å². The van der Waals surface area contributed by atoms with Crippen LogP contribution < -0.4 is 0 Å². The third-order valence-corrected chi connectivity index (χ3v) is 3.44. The fourth-order valence-electron chi connectivity index (χ4n) is 1.96. The normalized spacial score (nSPS) is 19.3. The van der Waals surface area contributed by atoms with Gasteiger partial charge in [0.05, 0.1) is 0 Å². The highest BCUT2D eigenvalue weighted by Crippen LogP contribution is 2.16. The van der Waals surface area contributed by atoms with Gasteiger partial charge >= 0.3 is 0 Å². The van der Waals surface area contributed by atoms with Crippen LogP contribution in [0.15, 0.2) is 28.7 Å². The minimum Gasteiger partial charge on any atom is -0.368 e. The van der Waals surface area contributed by atoms with Crippen LogP contribution in [0.3, 0.4) is 0 Å². The fourth-order valence-corrected chi connectivity index (χ4v) is 2.22. The van der Waals surface area contributed by atoms with E-state index in [1.54, 1.807) is 4.90 Å². The van der Waals surface area contributed by atoms with Gasteiger partial charge in [-0.3, -0.25) is 4.79 Å². The highest BCUT2D eigenvalue weighted by molar-refractivity contribution is 9.10. The van der Waals surface area contributed by atoms with Crippen LogP contribution in [0, 0.1) is 0 Å². The Hall–Kier alpha value is -0.870. The van der Waals surface area contributed by atoms with Crippen molar-refractivity contribution in [2.24, 2.45) is 0 Å². The molecule has 1 fully saturated rings. The fraction of sp³-hybridized carbons (Fsp3) is 0.462. The van der Waals surface area contributed by atoms with Crippen LogP contribution in [0.1, 0.15) is 18.4 Å². The molecule has 92 valence electrons. The molecule has 0 radical (unpaired) electrons. The molecule has 0 saturated carbocycles. The molecule has 1 amide bonds. The number of likely N-dealkylation sites (N-methyl/N-ethyl adjacent to an activating group) is 1. The predicted molar refractivity (Wildman–Crippen MR) is 69.6 cm³/mol. The standard InChI is InChI=1S/C13H16BrNO2/c1-15(13(16)12-3-2-8-17-12)9-10-4-6-11(14)7-5-10/h4-7,12H,2-3,8-9H2,1H3. The monoisotopic (exact) mass is 297 g/mol. The van der Waals surface area contributed by atoms with Crippen LogP contribution in [0.4, 0.5) is 0 Å². The van der Waals surface area contributed by atoms with E-state index in [-0.39, 0.29) is 12.0 Å². The Balaban J connectivity index is 1.93. The first kappa shape index (κ1) is 12.6. The molecule has 1 heterocycles. The van der Waals surface area contributed by atoms with Crippen molar-refractivity contribution in [3.8, 4) is 0 Å². The van der Waals surface area contributed by atoms with Gasteiger partial charge in [-0.05, 0) is 30.5 Å². The van der Waals surface area contributed by atoms with E-state index in [0.717, 1.165) is 22.9 Å². The van der Waals surface area contributed by atoms with Crippen LogP contribution in [-0.4, -0.2) is 30.6 Å². The highest BCUT2D eigenvalue weighted by atomic mass is 79.9. The summed E-state index contributed by atoms with van der Waals surface area (Å²) in [7, 11) is 1.83. The number of nitrogens with zero attached hydrogens (tertiary/aromatic N) is 1. The topological polar surface area (TPSA) is 29.5 Å². The summed E-state index contributed by atoms with van der Waals surface area (Å²) in [6.07, 6.45) is 1.61. The number of halogens is 1. The first-order chi connectivity index (χ1) is 8.16. The van der Waals surface area contributed by atoms with Gasteiger partial charge in [0.25, 0.3) is 5.91 Å². The van der Waals surface area contributed by atoms with Crippen molar-refractivity contribution in [1.82, 2.24) is 4.90 Å². The maximum Gasteiger partial charge on any atom is 0.251 e. The Morgan fingerprint density at radius 3 is 2.76 bits per heavy atom. The molecule has 0 aromatic heterocycles. The van der Waals surface area contributed by atoms with E-state index in [4.69, 9.17) is 4.74 Å². The van der Waals surface area contributed by atoms with E-state index in [1.807, 2.05) is 31.3 Å². The van der Waals surface area contributed by atoms with E-state index >= 15 is 0 Å². The molecule has 3 nitrogen and oxygen atoms in total. The first-order valence-electron chi connectivity index (χ1n) is 5.78. The molecule has 0 aliphatic carbocycles. The maximum absolute atomic E-state index is 12.0. The molecular weight excluding hydrogens is 282 g/mol. The molecule has 0 N–H and O–H groups in total. The zero-order valence-corrected chi connectivity index (χ0v) is 11.4. The highest BCUT2D eigenvalue weighted by Gasteiger charge is 2.26. The molecule has 4 heteroatoms. The van der Waals surface area contributed by atoms with Gasteiger partial charge < -0.3 is 9.64 Å². The van der Waals surface area contributed by atoms with E-state index in [2.05, 4.69) is 15.9 Å². The molecule has 1 aliphatic heterocycles. The van der Waals surface area contributed by atoms with Crippen molar-refractivity contribution in [1.29, 1.82) is 0 Å². The number of hydrogen-bond acceptors (Lipinski definition) is 2. The van der Waals surface area contributed by atoms with Gasteiger partial charge in [-0.1, -0.05) is 28.1 Å². The number of carbonyl (C=O) groups is 1. The zero-order chi connectivity index (χ0) is 12.3. The second-order valence-electron chi connectivity index (χ2n) is 4.32. The van der Waals surface area contributed by atoms with Gasteiger partial charge in [-0.2, -0.15) is 0 Å². The summed E-state index contributed by atoms with van der Waals surface area (Å²) in [4.78, 5) is 13.7. The Labute approximate surface area is 110 Å². The third kappa shape index (κ3) is 3.30. The van der Waals surface area contributed by atoms with Crippen molar-refractivity contribution in [2.45, 2.75) is 25.5 Å². The number of hydrogen-bond donors (Lipinski definition) is 0. The summed E-state index contributed by atoms with van der Waals surface area (Å²) >= 11 is 3.39. The van der Waals surface area contributed by atoms with E-state index in [0.29, 0.717) is 13.2 Å². The number of amides is 1. The van der Waals surface area contributed by atoms with Crippen molar-refractivity contribution in [2.75, 3.05) is 13.7 Å². The molecule has 1 atom stereocenters. The van der Waals surface area contributed by atoms with Crippen LogP contribution >= 0.6 is 15.9 Å². The molecule has 1 saturated heterocycles. The summed E-state index contributed by atoms with van der Waals surface area (Å²) in [5.41, 5.74) is 1.13. The van der Waals surface area contributed by atoms with Crippen molar-refractivity contribution in [3.63, 3.8) is 0 Å². The second kappa shape index (κ2) is 5.65. The summed E-state index contributed by atoms with van der Waals surface area (Å²) in [5, 5.41) is 0. The molecule has 1 unspecified atom stereocenters. The number of benzene rings is 1. The lowest BCUT2D eigenvalue weighted by Gasteiger charge is -2.20. The lowest BCUT2D eigenvalue weighted by atomic mass is 10.2. The molecule has 0 bridgehead atoms. The minimum absolute atomic E-state index is 0.0884. The second-order valence-corrected chi connectivity index (χ2v) is 5.24. The van der Waals surface area contributed by atoms with Crippen molar-refractivity contribution >= 4 is 21.8 Å². The number of ether oxygens (including phenoxy) is 1. The summed E-state index contributed by atoms with van der Waals surface area (Å²) in [6, 6.07) is 8.01. The van der Waals surface area contributed by atoms with E-state index in [9.17, 15) is 4.79 Å². The van der Waals surface area contributed by atoms with Gasteiger partial charge in [-0.15, -0.1) is 0 Å². The molecule has 1 aromatic rings. The van der Waals surface area contributed by atoms with Crippen LogP contribution in [-0.2, 0) is 16.1 Å². The van der Waals surface area contributed by atoms with Gasteiger partial charge in [0.15, 0.2) is 0 Å². The lowest BCUT2D eigenvalue weighted by Crippen LogP contribution is -2.35. The van der Waals surface area contributed by atoms with Gasteiger partial charge in [0.2, 0.25) is 0 Å². The molecule has 1 aliphatic rings. The Bertz CT molecular complexity index is 385. The Kier molecular flexibility index (Phi) is 4.18. The smallest absolute Gasteiger partial charge is 0.251 e. The molecule has 2 rings (SSSR count). The SMILES string of the molecule is CN(Cc1ccc(Br)cc1)C(=O)C1CCCO1. The summed E-state index contributed by atoms with van der Waals surface area (Å²) in [6.45, 7) is 1.34. The van der Waals surface area contributed by atoms with Crippen LogP contribution in [0.2, 0.25) is 0 Å². The maximum atomic E-state index is 12.0. The predicted octanol–water partition coefficient (Wildman–Crippen LogP) is 2.59. The summed E-state index contributed by atoms with van der Waals surface area (Å²) in [5.74, 6) is 0.0884. The van der Waals surface area contributed by atoms with E-state index < -0.39 is 0 Å². The Morgan fingerprint density at radius 1 is 1.47 bits per heavy atom. The van der Waals surface area contributed by atoms with Gasteiger partial charge in [-0.25, -0.2) is 0 Å². The Morgan fingerprint density at radius 2 is 2.18 bits per heavy atom. The number of rotatable bonds is 3. The lowest BCUT2D eigenvalue weighted by molar-refractivity contribution is -0.140. The van der Waals surface area contributed by atoms with E-state index in [1.165, 1.54) is 0 Å². The van der Waals surface area contributed by atoms with Crippen molar-refractivity contribution < 1.29 is 9.53 Å². The quantitative estimate of drug-likeness (QED) is 0.858. The summed E-state index contributed by atoms with van der Waals surface area (Å²) < 4.78 is 6.44. The average molecular weight is 298 g/mol. The first-order valence-corrected chi connectivity index (χ1v) is 6.57. The molecule has 0 spiro atoms. The minimum atomic E-state index is -0.226. The molecule has 1 aromatic carbocycles. The molecular formula is C13H16BrNO2.